The van der Waals surface area contributed by atoms with Crippen LogP contribution < -0.4 is 75.1 Å². The number of carboxylic acids is 2. The molecular weight excluding hydrogens is 1770 g/mol. The third-order valence-electron chi connectivity index (χ3n) is 23.5. The number of aliphatic hydroxyl groups is 2. The molecule has 134 heavy (non-hydrogen) atoms. The number of primary amides is 1. The zero-order valence-electron chi connectivity index (χ0n) is 75.0. The molecule has 3 fully saturated rings. The number of carboxylic acid groups (broad SMARTS) is 2. The van der Waals surface area contributed by atoms with E-state index in [1.165, 1.54) is 51.5 Å². The van der Waals surface area contributed by atoms with E-state index in [-0.39, 0.29) is 76.0 Å². The maximum Gasteiger partial charge on any atom is 0.305 e. The lowest BCUT2D eigenvalue weighted by molar-refractivity contribution is -0.150. The molecule has 2 aromatic heterocycles. The number of benzene rings is 4. The largest absolute Gasteiger partial charge is 0.508 e. The first-order valence-corrected chi connectivity index (χ1v) is 45.0. The van der Waals surface area contributed by atoms with Gasteiger partial charge in [0.1, 0.15) is 103 Å². The molecule has 3 aliphatic rings. The molecule has 0 aliphatic carbocycles. The molecule has 15 atom stereocenters. The molecule has 0 radical (unpaired) electrons. The fourth-order valence-corrected chi connectivity index (χ4v) is 16.8. The Hall–Kier alpha value is -13.8. The number of rotatable bonds is 24. The molecule has 5 heterocycles. The smallest absolute Gasteiger partial charge is 0.305 e. The summed E-state index contributed by atoms with van der Waals surface area (Å²) in [5.41, 5.74) is 20.8. The van der Waals surface area contributed by atoms with Crippen LogP contribution in [0.3, 0.4) is 0 Å². The van der Waals surface area contributed by atoms with Crippen molar-refractivity contribution in [2.75, 3.05) is 78.6 Å². The number of phenolic OH excluding ortho intramolecular Hbond substituents is 1. The molecule has 45 heteroatoms. The number of nitrogens with zero attached hydrogens (tertiary/aromatic N) is 5. The number of aryl methyl sites for hydroxylation is 1. The van der Waals surface area contributed by atoms with E-state index in [0.717, 1.165) is 48.9 Å². The van der Waals surface area contributed by atoms with E-state index in [9.17, 15) is 78.3 Å². The molecule has 0 saturated carbocycles. The standard InChI is InChI=1S/C89H118N20O24S/c1-7-8-21-69-89(132)107(6)71(44-133-54-16-13-15-47(2)32-54)84(127)97-59(29-30-90)78(121)104-67(77(120)95-41-72(92)113)45-134-46-73(114)96-62(33-49-23-25-52(111)26-24-49)85(128)105(4)48(3)76(119)100-64(37-75(117)118)88(131)108-31-14-22-68(108)82(125)102-65(38-91)80(123)98-60(27-28-74(115)116)87(130)109-42-53(112)36-70(109)83(126)99-61(34-50-39-93-57-19-11-9-17-55(50)57)79(122)103-66(43-110)81(124)101-63(86(129)106(69)5)35-51-40-94-58-20-12-10-18-56(51)58/h9-13,15-20,23-26,32,39-40,48,53,59-71,93-94,110-112H,7-8,14,21-22,27-31,33-38,41-46,90-91H2,1-6H3,(H2,92,113)(H,95,120)(H,96,114)(H,97,127)(H,98,123)(H,99,126)(H,100,119)(H,101,124)(H,102,125)(H,103,122)(H,104,121)(H,115,116)(H,117,118)/t48-,53+,59-,60-,61-,62-,63-,64-,65-,66-,67-,68-,69-,70-,71-/m0/s1. The van der Waals surface area contributed by atoms with Crippen LogP contribution in [-0.2, 0) is 106 Å². The number of aromatic hydroxyl groups is 1. The van der Waals surface area contributed by atoms with Crippen molar-refractivity contribution in [2.45, 2.75) is 195 Å². The fourth-order valence-electron chi connectivity index (χ4n) is 16.0. The number of aliphatic hydroxyl groups excluding tert-OH is 2. The number of hydrogen-bond donors (Lipinski definition) is 20. The number of carbonyl (C=O) groups is 18. The number of nitrogens with two attached hydrogens (primary N) is 3. The molecule has 4 aromatic carbocycles. The minimum absolute atomic E-state index is 0.0823. The third kappa shape index (κ3) is 28.1. The number of carbonyl (C=O) groups excluding carboxylic acids is 16. The van der Waals surface area contributed by atoms with E-state index in [1.54, 1.807) is 85.9 Å². The van der Waals surface area contributed by atoms with Gasteiger partial charge in [-0.05, 0) is 111 Å². The first-order valence-electron chi connectivity index (χ1n) is 43.8. The molecule has 9 rings (SSSR count). The molecule has 16 amide bonds. The minimum Gasteiger partial charge on any atom is -0.508 e. The summed E-state index contributed by atoms with van der Waals surface area (Å²) >= 11 is 0.724. The Bertz CT molecular complexity index is 5270. The first kappa shape index (κ1) is 104. The van der Waals surface area contributed by atoms with Crippen LogP contribution >= 0.6 is 11.8 Å². The van der Waals surface area contributed by atoms with E-state index in [4.69, 9.17) is 21.9 Å². The number of unbranched alkanes of at least 4 members (excludes halogenated alkanes) is 1. The van der Waals surface area contributed by atoms with Crippen molar-refractivity contribution >= 4 is 140 Å². The number of thioether (sulfide) groups is 1. The fraction of sp³-hybridized carbons (Fsp3) is 0.483. The van der Waals surface area contributed by atoms with Gasteiger partial charge in [0.2, 0.25) is 94.5 Å². The number of nitrogens with one attached hydrogen (secondary N) is 12. The van der Waals surface area contributed by atoms with Crippen LogP contribution in [0.15, 0.2) is 109 Å². The van der Waals surface area contributed by atoms with Crippen molar-refractivity contribution in [1.29, 1.82) is 0 Å². The van der Waals surface area contributed by atoms with Crippen molar-refractivity contribution in [3.05, 3.63) is 132 Å². The quantitative estimate of drug-likeness (QED) is 0.0273. The second-order valence-electron chi connectivity index (χ2n) is 33.2. The lowest BCUT2D eigenvalue weighted by atomic mass is 10.0. The Morgan fingerprint density at radius 1 is 0.560 bits per heavy atom. The number of H-pyrrole nitrogens is 2. The minimum atomic E-state index is -1.96. The summed E-state index contributed by atoms with van der Waals surface area (Å²) in [5.74, 6) is -20.8. The summed E-state index contributed by atoms with van der Waals surface area (Å²) in [4.78, 5) is 271. The average Bonchev–Trinajstić information content (AvgIpc) is 1.62. The van der Waals surface area contributed by atoms with Crippen LogP contribution in [0, 0.1) is 6.92 Å². The number of aromatic nitrogens is 2. The molecule has 0 unspecified atom stereocenters. The molecule has 724 valence electrons. The van der Waals surface area contributed by atoms with Crippen LogP contribution in [0.2, 0.25) is 0 Å². The highest BCUT2D eigenvalue weighted by Gasteiger charge is 2.47. The third-order valence-corrected chi connectivity index (χ3v) is 24.6. The highest BCUT2D eigenvalue weighted by atomic mass is 32.2. The van der Waals surface area contributed by atoms with E-state index in [2.05, 4.69) is 63.1 Å². The molecule has 3 aliphatic heterocycles. The van der Waals surface area contributed by atoms with Crippen molar-refractivity contribution < 1.29 is 117 Å². The van der Waals surface area contributed by atoms with E-state index >= 15 is 33.6 Å². The zero-order valence-corrected chi connectivity index (χ0v) is 75.8. The van der Waals surface area contributed by atoms with Gasteiger partial charge in [-0.3, -0.25) is 86.3 Å². The van der Waals surface area contributed by atoms with E-state index in [0.29, 0.717) is 44.9 Å². The second-order valence-corrected chi connectivity index (χ2v) is 34.3. The van der Waals surface area contributed by atoms with Gasteiger partial charge >= 0.3 is 11.9 Å². The number of amides is 16. The summed E-state index contributed by atoms with van der Waals surface area (Å²) in [6.45, 7) is 0.401. The Morgan fingerprint density at radius 2 is 1.12 bits per heavy atom. The van der Waals surface area contributed by atoms with Crippen LogP contribution in [0.1, 0.15) is 100 Å². The Balaban J connectivity index is 1.10. The number of hydrogen-bond acceptors (Lipinski definition) is 25. The van der Waals surface area contributed by atoms with E-state index in [1.807, 2.05) is 6.92 Å². The molecule has 0 spiro atoms. The van der Waals surface area contributed by atoms with Crippen LogP contribution in [0.4, 0.5) is 0 Å². The van der Waals surface area contributed by atoms with Gasteiger partial charge in [-0.15, -0.1) is 11.8 Å². The van der Waals surface area contributed by atoms with Gasteiger partial charge in [-0.2, -0.15) is 0 Å². The summed E-state index contributed by atoms with van der Waals surface area (Å²) in [6, 6.07) is 2.11. The van der Waals surface area contributed by atoms with Gasteiger partial charge in [0.25, 0.3) is 0 Å². The number of aliphatic carboxylic acids is 2. The number of phenols is 1. The van der Waals surface area contributed by atoms with Gasteiger partial charge < -0.3 is 135 Å². The number of fused-ring (bicyclic) bond motifs is 4. The monoisotopic (exact) mass is 1880 g/mol. The topological polar surface area (TPSA) is 664 Å². The van der Waals surface area contributed by atoms with E-state index < -0.39 is 267 Å². The lowest BCUT2D eigenvalue weighted by Gasteiger charge is -2.36. The van der Waals surface area contributed by atoms with Crippen LogP contribution in [-0.4, -0.2) is 336 Å². The first-order chi connectivity index (χ1) is 63.8. The Morgan fingerprint density at radius 3 is 1.74 bits per heavy atom. The van der Waals surface area contributed by atoms with Gasteiger partial charge in [0.05, 0.1) is 31.4 Å². The molecule has 44 nitrogen and oxygen atoms in total. The predicted octanol–water partition coefficient (Wildman–Crippen LogP) is -4.24. The molecule has 3 saturated heterocycles. The SMILES string of the molecule is CCCC[C@H]1C(=O)N(C)[C@@H](COc2cccc(C)c2)C(=O)N[C@@H](CCN)C(=O)N[C@H](C(=O)NCC(N)=O)CSCC(=O)N[C@@H](Cc2ccc(O)cc2)C(=O)N(C)[C@@H](C)C(=O)N[C@@H](CC(=O)O)C(=O)N2CCC[C@H]2C(=O)N[C@@H](CN)C(=O)N[C@@H](CCC(=O)O)C(=O)N2C[C@H](O)C[C@H]2C(=O)N[C@@H](Cc2c[nH]c3ccccc23)C(=O)N[C@@H](CO)C(=O)N[C@@H](Cc2c[nH]c3ccccc23)C(=O)N1C. The summed E-state index contributed by atoms with van der Waals surface area (Å²) in [7, 11) is 3.70. The Kier molecular flexibility index (Phi) is 38.1. The van der Waals surface area contributed by atoms with Crippen LogP contribution in [0.25, 0.3) is 21.8 Å². The normalized spacial score (nSPS) is 24.8. The van der Waals surface area contributed by atoms with Gasteiger partial charge in [-0.25, -0.2) is 0 Å². The van der Waals surface area contributed by atoms with Crippen LogP contribution in [0.5, 0.6) is 11.5 Å². The predicted molar refractivity (Wildman–Crippen MR) is 484 cm³/mol. The number of ether oxygens (including phenoxy) is 1. The van der Waals surface area contributed by atoms with Gasteiger partial charge in [-0.1, -0.05) is 80.4 Å². The summed E-state index contributed by atoms with van der Waals surface area (Å²) in [6.07, 6.45) is -2.19. The number of aromatic amines is 2. The zero-order chi connectivity index (χ0) is 97.9. The Labute approximate surface area is 774 Å². The molecule has 0 bridgehead atoms. The van der Waals surface area contributed by atoms with Crippen molar-refractivity contribution in [2.24, 2.45) is 17.2 Å². The number of likely N-dealkylation sites (N-methyl/N-ethyl adjacent to an activating group) is 3. The maximum atomic E-state index is 15.8. The number of para-hydroxylation sites is 2. The molecule has 6 aromatic rings. The summed E-state index contributed by atoms with van der Waals surface area (Å²) in [5, 5.41) is 79.2. The molecular formula is C89H118N20O24S. The maximum absolute atomic E-state index is 15.8. The van der Waals surface area contributed by atoms with Crippen molar-refractivity contribution in [3.8, 4) is 11.5 Å². The lowest BCUT2D eigenvalue weighted by Crippen LogP contribution is -2.62. The van der Waals surface area contributed by atoms with Gasteiger partial charge in [0, 0.05) is 113 Å². The summed E-state index contributed by atoms with van der Waals surface area (Å²) < 4.78 is 6.22. The van der Waals surface area contributed by atoms with Crippen molar-refractivity contribution in [1.82, 2.24) is 87.6 Å². The second kappa shape index (κ2) is 49.1. The van der Waals surface area contributed by atoms with Gasteiger partial charge in [0.15, 0.2) is 0 Å². The molecule has 23 N–H and O–H groups in total. The highest BCUT2D eigenvalue weighted by Crippen LogP contribution is 2.28. The average molecular weight is 1880 g/mol. The highest BCUT2D eigenvalue weighted by molar-refractivity contribution is 8.00. The van der Waals surface area contributed by atoms with Crippen molar-refractivity contribution in [3.63, 3.8) is 0 Å².